The van der Waals surface area contributed by atoms with Gasteiger partial charge < -0.3 is 10.00 Å². The SMILES string of the molecule is C=C(C)C(=O)O.CCCCCCCCCCCCCCCCOP(=O)(O)OO. The smallest absolute Gasteiger partial charge is 0.478 e. The summed E-state index contributed by atoms with van der Waals surface area (Å²) in [6, 6.07) is 0. The maximum Gasteiger partial charge on any atom is 0.499 e. The van der Waals surface area contributed by atoms with Gasteiger partial charge in [-0.05, 0) is 13.3 Å². The van der Waals surface area contributed by atoms with Crippen LogP contribution in [0.4, 0.5) is 0 Å². The minimum absolute atomic E-state index is 0.145. The van der Waals surface area contributed by atoms with E-state index >= 15 is 0 Å². The van der Waals surface area contributed by atoms with Crippen LogP contribution in [0.5, 0.6) is 0 Å². The molecule has 28 heavy (non-hydrogen) atoms. The fourth-order valence-corrected chi connectivity index (χ4v) is 2.91. The zero-order valence-corrected chi connectivity index (χ0v) is 18.6. The second-order valence-corrected chi connectivity index (χ2v) is 8.42. The standard InChI is InChI=1S/C16H35O5P.C4H6O2/c1-2-3-4-5-6-7-8-9-10-11-12-13-14-15-16-20-22(18,19)21-17;1-3(2)4(5)6/h17H,2-16H2,1H3,(H,18,19);1H2,2H3,(H,5,6). The molecule has 0 amide bonds. The molecule has 0 bridgehead atoms. The first-order chi connectivity index (χ1) is 13.3. The fraction of sp³-hybridized carbons (Fsp3) is 0.850. The third-order valence-electron chi connectivity index (χ3n) is 4.22. The van der Waals surface area contributed by atoms with Crippen molar-refractivity contribution in [1.82, 2.24) is 0 Å². The number of carboxylic acid groups (broad SMARTS) is 1. The quantitative estimate of drug-likeness (QED) is 0.0735. The number of carboxylic acids is 1. The second kappa shape index (κ2) is 21.0. The molecular formula is C20H41O7P. The Labute approximate surface area is 170 Å². The van der Waals surface area contributed by atoms with Gasteiger partial charge in [0.05, 0.1) is 6.61 Å². The molecule has 0 radical (unpaired) electrons. The van der Waals surface area contributed by atoms with Crippen molar-refractivity contribution in [3.63, 3.8) is 0 Å². The third-order valence-corrected chi connectivity index (χ3v) is 4.94. The van der Waals surface area contributed by atoms with E-state index < -0.39 is 13.8 Å². The van der Waals surface area contributed by atoms with Crippen molar-refractivity contribution >= 4 is 13.8 Å². The summed E-state index contributed by atoms with van der Waals surface area (Å²) in [5.41, 5.74) is 0.176. The summed E-state index contributed by atoms with van der Waals surface area (Å²) >= 11 is 0. The monoisotopic (exact) mass is 424 g/mol. The Balaban J connectivity index is 0. The van der Waals surface area contributed by atoms with Crippen LogP contribution in [-0.4, -0.2) is 27.8 Å². The lowest BCUT2D eigenvalue weighted by Gasteiger charge is -2.07. The molecule has 7 nitrogen and oxygen atoms in total. The fourth-order valence-electron chi connectivity index (χ4n) is 2.50. The van der Waals surface area contributed by atoms with Gasteiger partial charge in [-0.15, -0.1) is 4.67 Å². The molecule has 0 aliphatic heterocycles. The van der Waals surface area contributed by atoms with E-state index in [4.69, 9.17) is 15.3 Å². The molecule has 0 heterocycles. The molecule has 1 atom stereocenters. The highest BCUT2D eigenvalue weighted by Crippen LogP contribution is 2.41. The van der Waals surface area contributed by atoms with Crippen LogP contribution in [-0.2, 0) is 18.6 Å². The van der Waals surface area contributed by atoms with Gasteiger partial charge in [-0.25, -0.2) is 14.6 Å². The Kier molecular flexibility index (Phi) is 22.1. The van der Waals surface area contributed by atoms with Crippen LogP contribution < -0.4 is 0 Å². The highest BCUT2D eigenvalue weighted by Gasteiger charge is 2.19. The molecule has 0 aromatic heterocycles. The minimum atomic E-state index is -4.20. The van der Waals surface area contributed by atoms with Gasteiger partial charge in [-0.1, -0.05) is 97.0 Å². The van der Waals surface area contributed by atoms with Gasteiger partial charge in [0.1, 0.15) is 0 Å². The molecular weight excluding hydrogens is 383 g/mol. The van der Waals surface area contributed by atoms with Crippen LogP contribution in [0.3, 0.4) is 0 Å². The Bertz CT molecular complexity index is 415. The largest absolute Gasteiger partial charge is 0.499 e. The van der Waals surface area contributed by atoms with Gasteiger partial charge >= 0.3 is 13.8 Å². The van der Waals surface area contributed by atoms with Gasteiger partial charge in [0.25, 0.3) is 0 Å². The van der Waals surface area contributed by atoms with Crippen molar-refractivity contribution in [2.45, 2.75) is 104 Å². The zero-order valence-electron chi connectivity index (χ0n) is 17.7. The van der Waals surface area contributed by atoms with Gasteiger partial charge in [0, 0.05) is 5.57 Å². The van der Waals surface area contributed by atoms with E-state index in [9.17, 15) is 9.36 Å². The second-order valence-electron chi connectivity index (χ2n) is 7.07. The number of aliphatic carboxylic acids is 1. The molecule has 0 aliphatic rings. The van der Waals surface area contributed by atoms with E-state index in [-0.39, 0.29) is 12.2 Å². The van der Waals surface area contributed by atoms with Gasteiger partial charge in [-0.3, -0.25) is 4.52 Å². The van der Waals surface area contributed by atoms with Crippen LogP contribution in [0.2, 0.25) is 0 Å². The Morgan fingerprint density at radius 3 is 1.46 bits per heavy atom. The average molecular weight is 425 g/mol. The molecule has 0 saturated heterocycles. The van der Waals surface area contributed by atoms with Crippen LogP contribution in [0.1, 0.15) is 104 Å². The Hall–Kier alpha value is -0.720. The molecule has 0 aromatic carbocycles. The van der Waals surface area contributed by atoms with Crippen molar-refractivity contribution in [3.05, 3.63) is 12.2 Å². The molecule has 0 aromatic rings. The van der Waals surface area contributed by atoms with Crippen molar-refractivity contribution < 1.29 is 33.8 Å². The maximum absolute atomic E-state index is 10.8. The van der Waals surface area contributed by atoms with E-state index in [0.717, 1.165) is 12.8 Å². The number of carbonyl (C=O) groups is 1. The number of unbranched alkanes of at least 4 members (excludes halogenated alkanes) is 13. The lowest BCUT2D eigenvalue weighted by atomic mass is 10.0. The maximum atomic E-state index is 10.8. The summed E-state index contributed by atoms with van der Waals surface area (Å²) in [4.78, 5) is 18.4. The van der Waals surface area contributed by atoms with E-state index in [1.807, 2.05) is 0 Å². The topological polar surface area (TPSA) is 113 Å². The first-order valence-corrected chi connectivity index (χ1v) is 12.0. The zero-order chi connectivity index (χ0) is 21.7. The minimum Gasteiger partial charge on any atom is -0.478 e. The van der Waals surface area contributed by atoms with Crippen LogP contribution in [0.15, 0.2) is 12.2 Å². The molecule has 168 valence electrons. The number of phosphoric ester groups is 1. The molecule has 0 fully saturated rings. The van der Waals surface area contributed by atoms with E-state index in [1.54, 1.807) is 0 Å². The number of rotatable bonds is 18. The van der Waals surface area contributed by atoms with Crippen molar-refractivity contribution in [1.29, 1.82) is 0 Å². The first kappa shape index (κ1) is 29.5. The predicted octanol–water partition coefficient (Wildman–Crippen LogP) is 6.72. The van der Waals surface area contributed by atoms with Crippen LogP contribution in [0.25, 0.3) is 0 Å². The summed E-state index contributed by atoms with van der Waals surface area (Å²) in [7, 11) is -4.20. The predicted molar refractivity (Wildman–Crippen MR) is 112 cm³/mol. The normalized spacial score (nSPS) is 12.7. The van der Waals surface area contributed by atoms with Gasteiger partial charge in [0.2, 0.25) is 0 Å². The van der Waals surface area contributed by atoms with E-state index in [2.05, 4.69) is 22.7 Å². The van der Waals surface area contributed by atoms with Crippen LogP contribution in [0, 0.1) is 0 Å². The van der Waals surface area contributed by atoms with Gasteiger partial charge in [-0.2, -0.15) is 0 Å². The number of hydrogen-bond donors (Lipinski definition) is 3. The molecule has 0 aliphatic carbocycles. The summed E-state index contributed by atoms with van der Waals surface area (Å²) in [5, 5.41) is 16.0. The number of phosphoric acid groups is 1. The molecule has 0 saturated carbocycles. The summed E-state index contributed by atoms with van der Waals surface area (Å²) in [5.74, 6) is -0.935. The summed E-state index contributed by atoms with van der Waals surface area (Å²) in [6.07, 6.45) is 17.6. The molecule has 0 spiro atoms. The highest BCUT2D eigenvalue weighted by atomic mass is 31.2. The summed E-state index contributed by atoms with van der Waals surface area (Å²) < 4.78 is 18.6. The van der Waals surface area contributed by atoms with Gasteiger partial charge in [0.15, 0.2) is 0 Å². The third kappa shape index (κ3) is 25.3. The molecule has 0 rings (SSSR count). The van der Waals surface area contributed by atoms with Crippen molar-refractivity contribution in [2.75, 3.05) is 6.61 Å². The lowest BCUT2D eigenvalue weighted by molar-refractivity contribution is -0.162. The lowest BCUT2D eigenvalue weighted by Crippen LogP contribution is -1.94. The average Bonchev–Trinajstić information content (AvgIpc) is 2.65. The van der Waals surface area contributed by atoms with Crippen molar-refractivity contribution in [3.8, 4) is 0 Å². The van der Waals surface area contributed by atoms with Crippen molar-refractivity contribution in [2.24, 2.45) is 0 Å². The molecule has 8 heteroatoms. The van der Waals surface area contributed by atoms with E-state index in [1.165, 1.54) is 77.6 Å². The Morgan fingerprint density at radius 2 is 1.18 bits per heavy atom. The van der Waals surface area contributed by atoms with E-state index in [0.29, 0.717) is 6.42 Å². The molecule has 1 unspecified atom stereocenters. The van der Waals surface area contributed by atoms with Crippen LogP contribution >= 0.6 is 7.82 Å². The number of hydrogen-bond acceptors (Lipinski definition) is 5. The first-order valence-electron chi connectivity index (χ1n) is 10.5. The Morgan fingerprint density at radius 1 is 0.857 bits per heavy atom. The molecule has 3 N–H and O–H groups in total. The summed E-state index contributed by atoms with van der Waals surface area (Å²) in [6.45, 7) is 7.00. The highest BCUT2D eigenvalue weighted by molar-refractivity contribution is 7.47.